The molecule has 1 aliphatic heterocycles. The minimum atomic E-state index is -0.755. The molecule has 1 unspecified atom stereocenters. The van der Waals surface area contributed by atoms with Gasteiger partial charge in [-0.25, -0.2) is 4.39 Å². The van der Waals surface area contributed by atoms with Crippen LogP contribution in [0.15, 0.2) is 109 Å². The Morgan fingerprint density at radius 1 is 0.783 bits per heavy atom. The van der Waals surface area contributed by atoms with E-state index in [-0.39, 0.29) is 23.8 Å². The zero-order valence-electron chi connectivity index (χ0n) is 26.2. The van der Waals surface area contributed by atoms with E-state index in [1.807, 2.05) is 54.6 Å². The number of carbonyl (C=O) groups is 2. The molecule has 5 rings (SSSR count). The molecule has 1 N–H and O–H groups in total. The van der Waals surface area contributed by atoms with Crippen molar-refractivity contribution in [3.63, 3.8) is 0 Å². The summed E-state index contributed by atoms with van der Waals surface area (Å²) >= 11 is 0. The van der Waals surface area contributed by atoms with Crippen molar-refractivity contribution in [3.8, 4) is 11.5 Å². The van der Waals surface area contributed by atoms with Gasteiger partial charge in [-0.1, -0.05) is 68.4 Å². The zero-order chi connectivity index (χ0) is 32.5. The van der Waals surface area contributed by atoms with Crippen LogP contribution in [0.4, 0.5) is 4.39 Å². The third kappa shape index (κ3) is 7.82. The lowest BCUT2D eigenvalue weighted by molar-refractivity contribution is -0.140. The summed E-state index contributed by atoms with van der Waals surface area (Å²) < 4.78 is 25.0. The summed E-state index contributed by atoms with van der Waals surface area (Å²) in [5, 5.41) is 11.5. The lowest BCUT2D eigenvalue weighted by Gasteiger charge is -2.27. The van der Waals surface area contributed by atoms with Gasteiger partial charge in [0.15, 0.2) is 0 Å². The molecule has 4 aromatic carbocycles. The molecule has 0 aliphatic carbocycles. The molecule has 0 bridgehead atoms. The minimum absolute atomic E-state index is 0.0470. The molecule has 46 heavy (non-hydrogen) atoms. The third-order valence-electron chi connectivity index (χ3n) is 8.20. The summed E-state index contributed by atoms with van der Waals surface area (Å²) in [6.07, 6.45) is 0.684. The first-order chi connectivity index (χ1) is 22.4. The molecule has 238 valence electrons. The van der Waals surface area contributed by atoms with E-state index in [0.717, 1.165) is 30.8 Å². The van der Waals surface area contributed by atoms with Crippen molar-refractivity contribution in [1.29, 1.82) is 0 Å². The number of Topliss-reactive ketones (excluding diaryl/α,β-unsaturated/α-hetero) is 1. The maximum Gasteiger partial charge on any atom is 0.295 e. The van der Waals surface area contributed by atoms with Crippen LogP contribution in [0, 0.1) is 5.82 Å². The van der Waals surface area contributed by atoms with E-state index in [4.69, 9.17) is 9.47 Å². The first-order valence-corrected chi connectivity index (χ1v) is 15.6. The molecule has 7 nitrogen and oxygen atoms in total. The highest BCUT2D eigenvalue weighted by molar-refractivity contribution is 6.46. The fraction of sp³-hybridized carbons (Fsp3) is 0.263. The standard InChI is InChI=1S/C38H39FN2O5/c1-3-40(4-2)23-8-24-41-35(29-13-19-32(20-14-29)45-25-27-9-6-5-7-10-27)34(37(43)38(41)44)36(42)30-15-21-33(22-16-30)46-26-28-11-17-31(39)18-12-28/h5-7,9-22,35,42H,3-4,8,23-26H2,1-2H3. The fourth-order valence-electron chi connectivity index (χ4n) is 5.56. The number of carbonyl (C=O) groups excluding carboxylic acids is 2. The van der Waals surface area contributed by atoms with Crippen molar-refractivity contribution in [3.05, 3.63) is 137 Å². The van der Waals surface area contributed by atoms with Gasteiger partial charge in [-0.2, -0.15) is 0 Å². The van der Waals surface area contributed by atoms with E-state index in [9.17, 15) is 19.1 Å². The zero-order valence-corrected chi connectivity index (χ0v) is 26.2. The molecule has 0 saturated carbocycles. The topological polar surface area (TPSA) is 79.3 Å². The molecule has 1 saturated heterocycles. The molecule has 1 heterocycles. The maximum absolute atomic E-state index is 13.5. The van der Waals surface area contributed by atoms with Gasteiger partial charge >= 0.3 is 0 Å². The van der Waals surface area contributed by atoms with Crippen LogP contribution in [0.1, 0.15) is 48.6 Å². The van der Waals surface area contributed by atoms with Crippen LogP contribution < -0.4 is 9.47 Å². The summed E-state index contributed by atoms with van der Waals surface area (Å²) in [7, 11) is 0. The second kappa shape index (κ2) is 15.4. The Morgan fingerprint density at radius 3 is 1.93 bits per heavy atom. The predicted molar refractivity (Wildman–Crippen MR) is 176 cm³/mol. The molecule has 8 heteroatoms. The summed E-state index contributed by atoms with van der Waals surface area (Å²) in [6, 6.07) is 29.2. The summed E-state index contributed by atoms with van der Waals surface area (Å²) in [6.45, 7) is 7.79. The van der Waals surface area contributed by atoms with E-state index in [1.165, 1.54) is 12.1 Å². The number of benzene rings is 4. The van der Waals surface area contributed by atoms with Crippen LogP contribution in [0.3, 0.4) is 0 Å². The molecule has 1 atom stereocenters. The number of aliphatic hydroxyl groups is 1. The Morgan fingerprint density at radius 2 is 1.35 bits per heavy atom. The van der Waals surface area contributed by atoms with E-state index < -0.39 is 17.7 Å². The van der Waals surface area contributed by atoms with E-state index in [2.05, 4.69) is 18.7 Å². The average molecular weight is 623 g/mol. The van der Waals surface area contributed by atoms with Gasteiger partial charge in [-0.15, -0.1) is 0 Å². The van der Waals surface area contributed by atoms with Gasteiger partial charge in [0.25, 0.3) is 11.7 Å². The Bertz CT molecular complexity index is 1630. The molecular formula is C38H39FN2O5. The molecule has 1 fully saturated rings. The van der Waals surface area contributed by atoms with Crippen LogP contribution in [-0.2, 0) is 22.8 Å². The maximum atomic E-state index is 13.5. The van der Waals surface area contributed by atoms with E-state index in [1.54, 1.807) is 41.3 Å². The van der Waals surface area contributed by atoms with E-state index in [0.29, 0.717) is 42.2 Å². The summed E-state index contributed by atoms with van der Waals surface area (Å²) in [5.41, 5.74) is 3.00. The lowest BCUT2D eigenvalue weighted by Crippen LogP contribution is -2.33. The highest BCUT2D eigenvalue weighted by Gasteiger charge is 2.45. The number of halogens is 1. The van der Waals surface area contributed by atoms with Crippen LogP contribution in [0.25, 0.3) is 5.76 Å². The molecule has 1 amide bonds. The van der Waals surface area contributed by atoms with Gasteiger partial charge in [0.05, 0.1) is 11.6 Å². The quantitative estimate of drug-likeness (QED) is 0.0916. The summed E-state index contributed by atoms with van der Waals surface area (Å²) in [5.74, 6) is -0.711. The fourth-order valence-corrected chi connectivity index (χ4v) is 5.56. The first kappa shape index (κ1) is 32.4. The first-order valence-electron chi connectivity index (χ1n) is 15.6. The normalized spacial score (nSPS) is 15.8. The van der Waals surface area contributed by atoms with Crippen molar-refractivity contribution in [2.75, 3.05) is 26.2 Å². The average Bonchev–Trinajstić information content (AvgIpc) is 3.34. The molecule has 0 spiro atoms. The van der Waals surface area contributed by atoms with Gasteiger partial charge < -0.3 is 24.4 Å². The van der Waals surface area contributed by atoms with Gasteiger partial charge in [0, 0.05) is 12.1 Å². The lowest BCUT2D eigenvalue weighted by atomic mass is 9.95. The van der Waals surface area contributed by atoms with Crippen LogP contribution in [0.5, 0.6) is 11.5 Å². The van der Waals surface area contributed by atoms with Crippen LogP contribution in [0.2, 0.25) is 0 Å². The number of aliphatic hydroxyl groups excluding tert-OH is 1. The number of likely N-dealkylation sites (tertiary alicyclic amines) is 1. The summed E-state index contributed by atoms with van der Waals surface area (Å²) in [4.78, 5) is 30.8. The van der Waals surface area contributed by atoms with E-state index >= 15 is 0 Å². The number of hydrogen-bond acceptors (Lipinski definition) is 6. The van der Waals surface area contributed by atoms with Gasteiger partial charge in [0.2, 0.25) is 0 Å². The van der Waals surface area contributed by atoms with Crippen molar-refractivity contribution >= 4 is 17.4 Å². The minimum Gasteiger partial charge on any atom is -0.507 e. The van der Waals surface area contributed by atoms with Crippen molar-refractivity contribution in [2.24, 2.45) is 0 Å². The largest absolute Gasteiger partial charge is 0.507 e. The van der Waals surface area contributed by atoms with Gasteiger partial charge in [0.1, 0.15) is 36.3 Å². The Labute approximate surface area is 269 Å². The van der Waals surface area contributed by atoms with Crippen LogP contribution in [-0.4, -0.2) is 52.8 Å². The predicted octanol–water partition coefficient (Wildman–Crippen LogP) is 7.14. The number of amides is 1. The van der Waals surface area contributed by atoms with Gasteiger partial charge in [-0.3, -0.25) is 9.59 Å². The van der Waals surface area contributed by atoms with Crippen molar-refractivity contribution < 1.29 is 28.6 Å². The molecule has 4 aromatic rings. The number of ketones is 1. The molecule has 0 aromatic heterocycles. The molecular weight excluding hydrogens is 583 g/mol. The SMILES string of the molecule is CCN(CC)CCCN1C(=O)C(=O)C(=C(O)c2ccc(OCc3ccc(F)cc3)cc2)C1c1ccc(OCc2ccccc2)cc1. The Kier molecular flexibility index (Phi) is 10.8. The second-order valence-electron chi connectivity index (χ2n) is 11.2. The number of ether oxygens (including phenoxy) is 2. The monoisotopic (exact) mass is 622 g/mol. The van der Waals surface area contributed by atoms with Crippen LogP contribution >= 0.6 is 0 Å². The smallest absolute Gasteiger partial charge is 0.295 e. The van der Waals surface area contributed by atoms with Crippen molar-refractivity contribution in [1.82, 2.24) is 9.80 Å². The van der Waals surface area contributed by atoms with Gasteiger partial charge in [-0.05, 0) is 91.3 Å². The second-order valence-corrected chi connectivity index (χ2v) is 11.2. The Hall–Kier alpha value is -4.95. The highest BCUT2D eigenvalue weighted by Crippen LogP contribution is 2.40. The highest BCUT2D eigenvalue weighted by atomic mass is 19.1. The number of hydrogen-bond donors (Lipinski definition) is 1. The number of nitrogens with zero attached hydrogens (tertiary/aromatic N) is 2. The molecule has 0 radical (unpaired) electrons. The Balaban J connectivity index is 1.39. The number of rotatable bonds is 14. The third-order valence-corrected chi connectivity index (χ3v) is 8.20. The van der Waals surface area contributed by atoms with Crippen molar-refractivity contribution in [2.45, 2.75) is 39.5 Å². The molecule has 1 aliphatic rings.